The van der Waals surface area contributed by atoms with Crippen molar-refractivity contribution in [2.45, 2.75) is 6.04 Å². The Morgan fingerprint density at radius 2 is 2.40 bits per heavy atom. The van der Waals surface area contributed by atoms with Gasteiger partial charge in [-0.05, 0) is 12.1 Å². The van der Waals surface area contributed by atoms with Gasteiger partial charge in [-0.15, -0.1) is 6.42 Å². The van der Waals surface area contributed by atoms with Crippen LogP contribution in [0.2, 0.25) is 0 Å². The lowest BCUT2D eigenvalue weighted by Crippen LogP contribution is -2.08. The maximum atomic E-state index is 5.50. The van der Waals surface area contributed by atoms with E-state index >= 15 is 0 Å². The van der Waals surface area contributed by atoms with E-state index in [0.29, 0.717) is 0 Å². The Bertz CT molecular complexity index is 235. The molecule has 0 saturated carbocycles. The number of pyridine rings is 1. The Hall–Kier alpha value is -1.33. The fourth-order valence-electron chi connectivity index (χ4n) is 0.645. The van der Waals surface area contributed by atoms with E-state index in [9.17, 15) is 0 Å². The second-order valence-corrected chi connectivity index (χ2v) is 1.90. The lowest BCUT2D eigenvalue weighted by atomic mass is 10.2. The molecule has 0 bridgehead atoms. The number of nitrogens with zero attached hydrogens (tertiary/aromatic N) is 1. The number of hydrogen-bond acceptors (Lipinski definition) is 2. The zero-order valence-corrected chi connectivity index (χ0v) is 5.49. The molecule has 2 heteroatoms. The highest BCUT2D eigenvalue weighted by Gasteiger charge is 1.99. The van der Waals surface area contributed by atoms with E-state index < -0.39 is 0 Å². The van der Waals surface area contributed by atoms with Crippen molar-refractivity contribution in [3.63, 3.8) is 0 Å². The summed E-state index contributed by atoms with van der Waals surface area (Å²) in [5.41, 5.74) is 6.24. The fraction of sp³-hybridized carbons (Fsp3) is 0.125. The van der Waals surface area contributed by atoms with E-state index in [2.05, 4.69) is 10.9 Å². The summed E-state index contributed by atoms with van der Waals surface area (Å²) in [4.78, 5) is 3.98. The molecule has 0 aromatic carbocycles. The zero-order chi connectivity index (χ0) is 7.40. The highest BCUT2D eigenvalue weighted by molar-refractivity contribution is 5.16. The normalized spacial score (nSPS) is 12.0. The Balaban J connectivity index is 2.88. The van der Waals surface area contributed by atoms with Crippen LogP contribution in [0.3, 0.4) is 0 Å². The summed E-state index contributed by atoms with van der Waals surface area (Å²) >= 11 is 0. The van der Waals surface area contributed by atoms with E-state index in [-0.39, 0.29) is 6.04 Å². The van der Waals surface area contributed by atoms with Gasteiger partial charge in [0.25, 0.3) is 0 Å². The van der Waals surface area contributed by atoms with E-state index in [4.69, 9.17) is 12.2 Å². The monoisotopic (exact) mass is 132 g/mol. The number of hydrogen-bond donors (Lipinski definition) is 1. The van der Waals surface area contributed by atoms with Crippen LogP contribution in [-0.4, -0.2) is 4.98 Å². The smallest absolute Gasteiger partial charge is 0.109 e. The molecule has 0 amide bonds. The van der Waals surface area contributed by atoms with Gasteiger partial charge in [-0.3, -0.25) is 4.98 Å². The standard InChI is InChI=1S/C8H8N2/c1-2-7(9)8-5-3-4-6-10-8/h1,3-7H,9H2/t7-/m1/s1. The second-order valence-electron chi connectivity index (χ2n) is 1.90. The van der Waals surface area contributed by atoms with Crippen molar-refractivity contribution in [3.05, 3.63) is 30.1 Å². The predicted molar refractivity (Wildman–Crippen MR) is 40.0 cm³/mol. The van der Waals surface area contributed by atoms with E-state index in [0.717, 1.165) is 5.69 Å². The predicted octanol–water partition coefficient (Wildman–Crippen LogP) is 0.715. The highest BCUT2D eigenvalue weighted by Crippen LogP contribution is 2.02. The third kappa shape index (κ3) is 1.34. The molecule has 0 radical (unpaired) electrons. The SMILES string of the molecule is C#C[C@@H](N)c1ccccn1. The van der Waals surface area contributed by atoms with Gasteiger partial charge in [-0.25, -0.2) is 0 Å². The first-order valence-electron chi connectivity index (χ1n) is 2.97. The Morgan fingerprint density at radius 1 is 1.60 bits per heavy atom. The zero-order valence-electron chi connectivity index (χ0n) is 5.49. The highest BCUT2D eigenvalue weighted by atomic mass is 14.7. The third-order valence-corrected chi connectivity index (χ3v) is 1.19. The van der Waals surface area contributed by atoms with Crippen LogP contribution >= 0.6 is 0 Å². The van der Waals surface area contributed by atoms with E-state index in [1.807, 2.05) is 18.2 Å². The number of nitrogens with two attached hydrogens (primary N) is 1. The summed E-state index contributed by atoms with van der Waals surface area (Å²) in [6.07, 6.45) is 6.76. The molecule has 1 aromatic heterocycles. The van der Waals surface area contributed by atoms with E-state index in [1.54, 1.807) is 6.20 Å². The van der Waals surface area contributed by atoms with Crippen molar-refractivity contribution in [1.29, 1.82) is 0 Å². The molecule has 1 aromatic rings. The third-order valence-electron chi connectivity index (χ3n) is 1.19. The number of terminal acetylenes is 1. The molecule has 50 valence electrons. The molecule has 0 aliphatic rings. The largest absolute Gasteiger partial charge is 0.313 e. The van der Waals surface area contributed by atoms with Crippen LogP contribution in [0.15, 0.2) is 24.4 Å². The minimum atomic E-state index is -0.374. The van der Waals surface area contributed by atoms with Gasteiger partial charge >= 0.3 is 0 Å². The summed E-state index contributed by atoms with van der Waals surface area (Å²) in [5.74, 6) is 2.40. The first kappa shape index (κ1) is 6.79. The molecule has 2 N–H and O–H groups in total. The van der Waals surface area contributed by atoms with Crippen molar-refractivity contribution >= 4 is 0 Å². The van der Waals surface area contributed by atoms with Crippen LogP contribution in [0.5, 0.6) is 0 Å². The van der Waals surface area contributed by atoms with E-state index in [1.165, 1.54) is 0 Å². The fourth-order valence-corrected chi connectivity index (χ4v) is 0.645. The van der Waals surface area contributed by atoms with Gasteiger partial charge in [0.15, 0.2) is 0 Å². The van der Waals surface area contributed by atoms with Gasteiger partial charge in [0.05, 0.1) is 5.69 Å². The Kier molecular flexibility index (Phi) is 2.03. The van der Waals surface area contributed by atoms with Crippen molar-refractivity contribution in [2.75, 3.05) is 0 Å². The van der Waals surface area contributed by atoms with Crippen LogP contribution in [-0.2, 0) is 0 Å². The lowest BCUT2D eigenvalue weighted by molar-refractivity contribution is 0.891. The molecule has 1 heterocycles. The molecule has 0 unspecified atom stereocenters. The van der Waals surface area contributed by atoms with Gasteiger partial charge in [0.1, 0.15) is 6.04 Å². The van der Waals surface area contributed by atoms with Gasteiger partial charge in [-0.1, -0.05) is 12.0 Å². The molecular formula is C8H8N2. The molecule has 0 aliphatic heterocycles. The summed E-state index contributed by atoms with van der Waals surface area (Å²) < 4.78 is 0. The minimum Gasteiger partial charge on any atom is -0.313 e. The molecular weight excluding hydrogens is 124 g/mol. The van der Waals surface area contributed by atoms with Crippen molar-refractivity contribution < 1.29 is 0 Å². The summed E-state index contributed by atoms with van der Waals surface area (Å²) in [6.45, 7) is 0. The Labute approximate surface area is 60.1 Å². The minimum absolute atomic E-state index is 0.374. The molecule has 2 nitrogen and oxygen atoms in total. The second kappa shape index (κ2) is 3.00. The summed E-state index contributed by atoms with van der Waals surface area (Å²) in [7, 11) is 0. The number of aromatic nitrogens is 1. The molecule has 1 rings (SSSR count). The van der Waals surface area contributed by atoms with Crippen LogP contribution in [0, 0.1) is 12.3 Å². The van der Waals surface area contributed by atoms with Crippen LogP contribution in [0.1, 0.15) is 11.7 Å². The Morgan fingerprint density at radius 3 is 2.90 bits per heavy atom. The van der Waals surface area contributed by atoms with Crippen LogP contribution in [0.25, 0.3) is 0 Å². The molecule has 0 aliphatic carbocycles. The van der Waals surface area contributed by atoms with Gasteiger partial charge in [0.2, 0.25) is 0 Å². The average molecular weight is 132 g/mol. The first-order valence-corrected chi connectivity index (χ1v) is 2.97. The summed E-state index contributed by atoms with van der Waals surface area (Å²) in [5, 5.41) is 0. The topological polar surface area (TPSA) is 38.9 Å². The molecule has 0 spiro atoms. The molecule has 0 saturated heterocycles. The summed E-state index contributed by atoms with van der Waals surface area (Å²) in [6, 6.07) is 5.12. The van der Waals surface area contributed by atoms with Crippen molar-refractivity contribution in [1.82, 2.24) is 4.98 Å². The maximum Gasteiger partial charge on any atom is 0.109 e. The quantitative estimate of drug-likeness (QED) is 0.572. The van der Waals surface area contributed by atoms with Gasteiger partial charge in [-0.2, -0.15) is 0 Å². The lowest BCUT2D eigenvalue weighted by Gasteiger charge is -2.00. The van der Waals surface area contributed by atoms with Gasteiger partial charge in [0, 0.05) is 6.20 Å². The molecule has 10 heavy (non-hydrogen) atoms. The van der Waals surface area contributed by atoms with Crippen molar-refractivity contribution in [3.8, 4) is 12.3 Å². The average Bonchev–Trinajstić information content (AvgIpc) is 2.05. The maximum absolute atomic E-state index is 5.50. The van der Waals surface area contributed by atoms with Crippen LogP contribution in [0.4, 0.5) is 0 Å². The van der Waals surface area contributed by atoms with Crippen molar-refractivity contribution in [2.24, 2.45) is 5.73 Å². The molecule has 1 atom stereocenters. The van der Waals surface area contributed by atoms with Gasteiger partial charge < -0.3 is 5.73 Å². The first-order chi connectivity index (χ1) is 4.84. The van der Waals surface area contributed by atoms with Crippen LogP contribution < -0.4 is 5.73 Å². The molecule has 0 fully saturated rings. The number of rotatable bonds is 1.